The Labute approximate surface area is 86.1 Å². The Bertz CT molecular complexity index is 349. The molecule has 1 fully saturated rings. The van der Waals surface area contributed by atoms with Crippen molar-refractivity contribution in [3.8, 4) is 0 Å². The second-order valence-corrected chi connectivity index (χ2v) is 4.19. The summed E-state index contributed by atoms with van der Waals surface area (Å²) in [6, 6.07) is 0. The van der Waals surface area contributed by atoms with Gasteiger partial charge >= 0.3 is 11.8 Å². The van der Waals surface area contributed by atoms with Crippen LogP contribution in [0.25, 0.3) is 0 Å². The Morgan fingerprint density at radius 1 is 0.812 bits per heavy atom. The molecular weight excluding hydrogens is 241 g/mol. The van der Waals surface area contributed by atoms with Gasteiger partial charge in [-0.25, -0.2) is 13.2 Å². The van der Waals surface area contributed by atoms with Crippen molar-refractivity contribution >= 4 is 0 Å². The Hall–Kier alpha value is -0.750. The highest BCUT2D eigenvalue weighted by Crippen LogP contribution is 2.67. The third kappa shape index (κ3) is 0.820. The van der Waals surface area contributed by atoms with Gasteiger partial charge in [0.15, 0.2) is 0 Å². The highest BCUT2D eigenvalue weighted by Gasteiger charge is 2.86. The van der Waals surface area contributed by atoms with E-state index in [0.29, 0.717) is 6.92 Å². The molecule has 92 valence electrons. The van der Waals surface area contributed by atoms with Crippen LogP contribution in [0.5, 0.6) is 0 Å². The first-order valence-corrected chi connectivity index (χ1v) is 4.53. The van der Waals surface area contributed by atoms with E-state index < -0.39 is 47.4 Å². The van der Waals surface area contributed by atoms with Crippen LogP contribution in [0.2, 0.25) is 0 Å². The van der Waals surface area contributed by atoms with Gasteiger partial charge in [0.25, 0.3) is 0 Å². The Morgan fingerprint density at radius 3 is 1.69 bits per heavy atom. The normalized spacial score (nSPS) is 45.0. The van der Waals surface area contributed by atoms with Crippen LogP contribution >= 0.6 is 0 Å². The van der Waals surface area contributed by atoms with Crippen LogP contribution < -0.4 is 0 Å². The lowest BCUT2D eigenvalue weighted by molar-refractivity contribution is -0.338. The predicted molar refractivity (Wildman–Crippen MR) is 40.6 cm³/mol. The minimum atomic E-state index is -5.36. The number of fused-ring (bicyclic) bond motifs is 2. The number of alkyl halides is 6. The van der Waals surface area contributed by atoms with E-state index >= 15 is 0 Å². The summed E-state index contributed by atoms with van der Waals surface area (Å²) in [5, 5.41) is 0. The van der Waals surface area contributed by atoms with Crippen LogP contribution in [-0.4, -0.2) is 23.2 Å². The molecule has 0 spiro atoms. The lowest BCUT2D eigenvalue weighted by Crippen LogP contribution is -2.73. The van der Waals surface area contributed by atoms with Gasteiger partial charge in [-0.2, -0.15) is 17.6 Å². The van der Waals surface area contributed by atoms with Crippen molar-refractivity contribution in [1.29, 1.82) is 0 Å². The van der Waals surface area contributed by atoms with Crippen molar-refractivity contribution < 1.29 is 30.7 Å². The molecule has 0 N–H and O–H groups in total. The van der Waals surface area contributed by atoms with Gasteiger partial charge in [-0.3, -0.25) is 0 Å². The molecule has 2 unspecified atom stereocenters. The van der Waals surface area contributed by atoms with Crippen LogP contribution in [0.3, 0.4) is 0 Å². The number of hydrogen-bond donors (Lipinski definition) is 0. The second kappa shape index (κ2) is 2.56. The zero-order valence-corrected chi connectivity index (χ0v) is 8.06. The largest absolute Gasteiger partial charge is 0.353 e. The summed E-state index contributed by atoms with van der Waals surface area (Å²) >= 11 is 0. The van der Waals surface area contributed by atoms with Gasteiger partial charge in [0, 0.05) is 5.57 Å². The molecule has 3 aliphatic rings. The molecule has 0 aromatic heterocycles. The van der Waals surface area contributed by atoms with Crippen molar-refractivity contribution in [2.24, 2.45) is 0 Å². The molecule has 0 amide bonds. The topological polar surface area (TPSA) is 0 Å². The highest BCUT2D eigenvalue weighted by molar-refractivity contribution is 5.42. The highest BCUT2D eigenvalue weighted by atomic mass is 19.3. The molecule has 3 aliphatic carbocycles. The summed E-state index contributed by atoms with van der Waals surface area (Å²) in [6.45, 7) is 0.575. The SMILES string of the molecule is CC1=C(F)C2(F)CCC1(F)C(F)(F)C2(F)F. The molecule has 16 heavy (non-hydrogen) atoms. The predicted octanol–water partition coefficient (Wildman–Crippen LogP) is 3.72. The first-order valence-electron chi connectivity index (χ1n) is 4.53. The molecule has 0 aliphatic heterocycles. The fourth-order valence-corrected chi connectivity index (χ4v) is 2.30. The van der Waals surface area contributed by atoms with Crippen molar-refractivity contribution in [3.05, 3.63) is 11.4 Å². The van der Waals surface area contributed by atoms with Gasteiger partial charge in [0.1, 0.15) is 5.83 Å². The number of rotatable bonds is 0. The average Bonchev–Trinajstić information content (AvgIpc) is 2.18. The van der Waals surface area contributed by atoms with Crippen LogP contribution in [0.4, 0.5) is 30.7 Å². The molecule has 0 aromatic carbocycles. The Morgan fingerprint density at radius 2 is 1.19 bits per heavy atom. The second-order valence-electron chi connectivity index (χ2n) is 4.19. The van der Waals surface area contributed by atoms with Gasteiger partial charge in [0.2, 0.25) is 11.3 Å². The average molecular weight is 248 g/mol. The molecule has 0 nitrogen and oxygen atoms in total. The number of hydrogen-bond acceptors (Lipinski definition) is 0. The first kappa shape index (κ1) is 11.7. The van der Waals surface area contributed by atoms with E-state index in [1.54, 1.807) is 0 Å². The molecule has 0 radical (unpaired) electrons. The number of halogens is 7. The summed E-state index contributed by atoms with van der Waals surface area (Å²) in [5.41, 5.74) is -9.15. The summed E-state index contributed by atoms with van der Waals surface area (Å²) in [7, 11) is 0. The van der Waals surface area contributed by atoms with Crippen molar-refractivity contribution in [2.75, 3.05) is 0 Å². The van der Waals surface area contributed by atoms with E-state index in [0.717, 1.165) is 0 Å². The first-order chi connectivity index (χ1) is 7.02. The number of allylic oxidation sites excluding steroid dienone is 2. The smallest absolute Gasteiger partial charge is 0.232 e. The van der Waals surface area contributed by atoms with E-state index in [1.807, 2.05) is 0 Å². The monoisotopic (exact) mass is 248 g/mol. The van der Waals surface area contributed by atoms with E-state index in [1.165, 1.54) is 0 Å². The van der Waals surface area contributed by atoms with Crippen LogP contribution in [0, 0.1) is 0 Å². The molecule has 0 saturated heterocycles. The Balaban J connectivity index is 2.79. The summed E-state index contributed by atoms with van der Waals surface area (Å²) < 4.78 is 93.0. The van der Waals surface area contributed by atoms with Crippen LogP contribution in [0.1, 0.15) is 19.8 Å². The maximum absolute atomic E-state index is 13.7. The van der Waals surface area contributed by atoms with E-state index in [2.05, 4.69) is 0 Å². The molecule has 0 aromatic rings. The quantitative estimate of drug-likeness (QED) is 0.573. The zero-order valence-electron chi connectivity index (χ0n) is 8.06. The fourth-order valence-electron chi connectivity index (χ4n) is 2.30. The van der Waals surface area contributed by atoms with Crippen LogP contribution in [0.15, 0.2) is 11.4 Å². The molecule has 3 rings (SSSR count). The van der Waals surface area contributed by atoms with Gasteiger partial charge in [-0.15, -0.1) is 0 Å². The molecule has 2 bridgehead atoms. The van der Waals surface area contributed by atoms with Gasteiger partial charge in [0.05, 0.1) is 0 Å². The Kier molecular flexibility index (Phi) is 1.88. The van der Waals surface area contributed by atoms with E-state index in [9.17, 15) is 30.7 Å². The minimum Gasteiger partial charge on any atom is -0.232 e. The van der Waals surface area contributed by atoms with Gasteiger partial charge < -0.3 is 0 Å². The third-order valence-corrected chi connectivity index (χ3v) is 3.48. The molecule has 0 heterocycles. The summed E-state index contributed by atoms with van der Waals surface area (Å²) in [4.78, 5) is 0. The maximum atomic E-state index is 13.7. The van der Waals surface area contributed by atoms with Crippen molar-refractivity contribution in [3.63, 3.8) is 0 Å². The third-order valence-electron chi connectivity index (χ3n) is 3.48. The zero-order chi connectivity index (χ0) is 12.6. The van der Waals surface area contributed by atoms with Crippen LogP contribution in [-0.2, 0) is 0 Å². The molecule has 7 heteroatoms. The fraction of sp³-hybridized carbons (Fsp3) is 0.778. The van der Waals surface area contributed by atoms with Gasteiger partial charge in [-0.05, 0) is 19.8 Å². The minimum absolute atomic E-state index is 0.575. The van der Waals surface area contributed by atoms with Crippen molar-refractivity contribution in [1.82, 2.24) is 0 Å². The van der Waals surface area contributed by atoms with Gasteiger partial charge in [-0.1, -0.05) is 0 Å². The maximum Gasteiger partial charge on any atom is 0.353 e. The summed E-state index contributed by atoms with van der Waals surface area (Å²) in [6.07, 6.45) is -2.43. The lowest BCUT2D eigenvalue weighted by Gasteiger charge is -2.53. The van der Waals surface area contributed by atoms with E-state index in [-0.39, 0.29) is 0 Å². The molecule has 2 atom stereocenters. The van der Waals surface area contributed by atoms with Crippen molar-refractivity contribution in [2.45, 2.75) is 42.9 Å². The molecular formula is C9H7F7. The van der Waals surface area contributed by atoms with E-state index in [4.69, 9.17) is 0 Å². The lowest BCUT2D eigenvalue weighted by atomic mass is 9.62. The summed E-state index contributed by atoms with van der Waals surface area (Å²) in [5.74, 6) is -12.7. The standard InChI is InChI=1S/C9H7F7/c1-4-5(10)7(12)3-2-6(4,11)8(13,14)9(7,15)16/h2-3H2,1H3. The molecule has 1 saturated carbocycles.